The summed E-state index contributed by atoms with van der Waals surface area (Å²) in [4.78, 5) is 16.0. The van der Waals surface area contributed by atoms with Crippen LogP contribution in [0.25, 0.3) is 0 Å². The summed E-state index contributed by atoms with van der Waals surface area (Å²) in [6.07, 6.45) is 0. The number of nitrogens with zero attached hydrogens (tertiary/aromatic N) is 1. The van der Waals surface area contributed by atoms with E-state index in [-0.39, 0.29) is 5.91 Å². The van der Waals surface area contributed by atoms with Gasteiger partial charge in [-0.2, -0.15) is 0 Å². The maximum atomic E-state index is 11.9. The average molecular weight is 302 g/mol. The molecule has 0 spiro atoms. The molecular weight excluding hydrogens is 289 g/mol. The molecule has 2 rings (SSSR count). The minimum Gasteiger partial charge on any atom is -0.383 e. The molecule has 7 heteroatoms. The summed E-state index contributed by atoms with van der Waals surface area (Å²) in [5.74, 6) is 0.235. The third kappa shape index (κ3) is 3.37. The SMILES string of the molecule is COCCN=C1NC(=O)C(c2ccc(Cl)cc2Cl)N1. The molecule has 0 saturated carbocycles. The Morgan fingerprint density at radius 2 is 2.21 bits per heavy atom. The van der Waals surface area contributed by atoms with Crippen LogP contribution in [0.4, 0.5) is 0 Å². The number of carbonyl (C=O) groups is 1. The molecule has 0 aromatic heterocycles. The quantitative estimate of drug-likeness (QED) is 0.833. The van der Waals surface area contributed by atoms with Crippen LogP contribution in [-0.2, 0) is 9.53 Å². The molecule has 1 amide bonds. The monoisotopic (exact) mass is 301 g/mol. The number of methoxy groups -OCH3 is 1. The number of guanidine groups is 1. The van der Waals surface area contributed by atoms with Crippen LogP contribution in [0.3, 0.4) is 0 Å². The third-order valence-corrected chi connectivity index (χ3v) is 3.19. The van der Waals surface area contributed by atoms with Crippen molar-refractivity contribution >= 4 is 35.1 Å². The number of carbonyl (C=O) groups excluding carboxylic acids is 1. The molecule has 1 aliphatic heterocycles. The first-order valence-electron chi connectivity index (χ1n) is 5.67. The Balaban J connectivity index is 2.13. The van der Waals surface area contributed by atoms with Crippen molar-refractivity contribution in [2.24, 2.45) is 4.99 Å². The van der Waals surface area contributed by atoms with Gasteiger partial charge < -0.3 is 10.1 Å². The van der Waals surface area contributed by atoms with Crippen LogP contribution in [-0.4, -0.2) is 32.1 Å². The van der Waals surface area contributed by atoms with Crippen molar-refractivity contribution in [3.05, 3.63) is 33.8 Å². The zero-order chi connectivity index (χ0) is 13.8. The maximum Gasteiger partial charge on any atom is 0.253 e. The summed E-state index contributed by atoms with van der Waals surface area (Å²) in [6, 6.07) is 4.47. The van der Waals surface area contributed by atoms with Gasteiger partial charge in [0.05, 0.1) is 13.2 Å². The van der Waals surface area contributed by atoms with Crippen LogP contribution in [0.2, 0.25) is 10.0 Å². The van der Waals surface area contributed by atoms with Crippen molar-refractivity contribution in [2.45, 2.75) is 6.04 Å². The molecule has 102 valence electrons. The van der Waals surface area contributed by atoms with Gasteiger partial charge in [0.25, 0.3) is 5.91 Å². The maximum absolute atomic E-state index is 11.9. The summed E-state index contributed by atoms with van der Waals surface area (Å²) >= 11 is 11.9. The number of hydrogen-bond acceptors (Lipinski definition) is 3. The van der Waals surface area contributed by atoms with Gasteiger partial charge in [0.1, 0.15) is 6.04 Å². The van der Waals surface area contributed by atoms with E-state index in [1.165, 1.54) is 0 Å². The Labute approximate surface area is 120 Å². The van der Waals surface area contributed by atoms with Crippen molar-refractivity contribution in [3.8, 4) is 0 Å². The predicted molar refractivity (Wildman–Crippen MR) is 74.7 cm³/mol. The van der Waals surface area contributed by atoms with Crippen LogP contribution in [0.5, 0.6) is 0 Å². The highest BCUT2D eigenvalue weighted by Crippen LogP contribution is 2.27. The first-order valence-corrected chi connectivity index (χ1v) is 6.43. The van der Waals surface area contributed by atoms with Gasteiger partial charge in [-0.15, -0.1) is 0 Å². The van der Waals surface area contributed by atoms with Crippen LogP contribution >= 0.6 is 23.2 Å². The van der Waals surface area contributed by atoms with Crippen LogP contribution in [0.1, 0.15) is 11.6 Å². The Morgan fingerprint density at radius 3 is 2.89 bits per heavy atom. The molecule has 0 radical (unpaired) electrons. The Bertz CT molecular complexity index is 520. The minimum absolute atomic E-state index is 0.194. The largest absolute Gasteiger partial charge is 0.383 e. The predicted octanol–water partition coefficient (Wildman–Crippen LogP) is 1.76. The zero-order valence-electron chi connectivity index (χ0n) is 10.2. The lowest BCUT2D eigenvalue weighted by atomic mass is 10.1. The molecule has 1 heterocycles. The van der Waals surface area contributed by atoms with Gasteiger partial charge in [0.15, 0.2) is 5.96 Å². The Morgan fingerprint density at radius 1 is 1.42 bits per heavy atom. The molecule has 0 bridgehead atoms. The van der Waals surface area contributed by atoms with E-state index in [1.807, 2.05) is 0 Å². The normalized spacial score (nSPS) is 20.5. The van der Waals surface area contributed by atoms with Gasteiger partial charge in [-0.25, -0.2) is 0 Å². The topological polar surface area (TPSA) is 62.7 Å². The lowest BCUT2D eigenvalue weighted by Crippen LogP contribution is -2.26. The van der Waals surface area contributed by atoms with E-state index in [0.29, 0.717) is 34.7 Å². The highest BCUT2D eigenvalue weighted by molar-refractivity contribution is 6.35. The van der Waals surface area contributed by atoms with E-state index in [2.05, 4.69) is 15.6 Å². The second-order valence-electron chi connectivity index (χ2n) is 3.96. The molecule has 1 aromatic rings. The fraction of sp³-hybridized carbons (Fsp3) is 0.333. The number of hydrogen-bond donors (Lipinski definition) is 2. The molecule has 2 N–H and O–H groups in total. The fourth-order valence-electron chi connectivity index (χ4n) is 1.72. The van der Waals surface area contributed by atoms with Crippen LogP contribution < -0.4 is 10.6 Å². The second-order valence-corrected chi connectivity index (χ2v) is 4.80. The first-order chi connectivity index (χ1) is 9.11. The van der Waals surface area contributed by atoms with Crippen molar-refractivity contribution < 1.29 is 9.53 Å². The van der Waals surface area contributed by atoms with Gasteiger partial charge in [0, 0.05) is 22.7 Å². The molecule has 1 fully saturated rings. The van der Waals surface area contributed by atoms with Gasteiger partial charge in [0.2, 0.25) is 0 Å². The minimum atomic E-state index is -0.550. The highest BCUT2D eigenvalue weighted by Gasteiger charge is 2.31. The molecule has 0 aliphatic carbocycles. The van der Waals surface area contributed by atoms with E-state index in [1.54, 1.807) is 25.3 Å². The highest BCUT2D eigenvalue weighted by atomic mass is 35.5. The number of rotatable bonds is 4. The van der Waals surface area contributed by atoms with Gasteiger partial charge in [-0.05, 0) is 12.1 Å². The van der Waals surface area contributed by atoms with Crippen molar-refractivity contribution in [1.82, 2.24) is 10.6 Å². The van der Waals surface area contributed by atoms with Crippen LogP contribution in [0, 0.1) is 0 Å². The average Bonchev–Trinajstić information content (AvgIpc) is 2.71. The Hall–Kier alpha value is -1.30. The van der Waals surface area contributed by atoms with E-state index in [0.717, 1.165) is 0 Å². The zero-order valence-corrected chi connectivity index (χ0v) is 11.8. The third-order valence-electron chi connectivity index (χ3n) is 2.62. The first kappa shape index (κ1) is 14.1. The number of ether oxygens (including phenoxy) is 1. The van der Waals surface area contributed by atoms with E-state index in [4.69, 9.17) is 27.9 Å². The number of amides is 1. The molecular formula is C12H13Cl2N3O2. The Kier molecular flexibility index (Phi) is 4.63. The molecule has 19 heavy (non-hydrogen) atoms. The summed E-state index contributed by atoms with van der Waals surface area (Å²) in [5.41, 5.74) is 0.667. The van der Waals surface area contributed by atoms with Crippen molar-refractivity contribution in [1.29, 1.82) is 0 Å². The summed E-state index contributed by atoms with van der Waals surface area (Å²) < 4.78 is 4.89. The van der Waals surface area contributed by atoms with E-state index < -0.39 is 6.04 Å². The molecule has 1 aliphatic rings. The van der Waals surface area contributed by atoms with Gasteiger partial charge >= 0.3 is 0 Å². The van der Waals surface area contributed by atoms with Gasteiger partial charge in [-0.1, -0.05) is 29.3 Å². The fourth-order valence-corrected chi connectivity index (χ4v) is 2.23. The number of aliphatic imine (C=N–C) groups is 1. The number of halogens is 2. The van der Waals surface area contributed by atoms with Gasteiger partial charge in [-0.3, -0.25) is 15.1 Å². The van der Waals surface area contributed by atoms with Crippen molar-refractivity contribution in [3.63, 3.8) is 0 Å². The molecule has 1 aromatic carbocycles. The summed E-state index contributed by atoms with van der Waals surface area (Å²) in [7, 11) is 1.59. The van der Waals surface area contributed by atoms with E-state index >= 15 is 0 Å². The van der Waals surface area contributed by atoms with E-state index in [9.17, 15) is 4.79 Å². The molecule has 1 unspecified atom stereocenters. The summed E-state index contributed by atoms with van der Waals surface area (Å²) in [6.45, 7) is 0.966. The lowest BCUT2D eigenvalue weighted by molar-refractivity contribution is -0.120. The lowest BCUT2D eigenvalue weighted by Gasteiger charge is -2.10. The van der Waals surface area contributed by atoms with Crippen molar-refractivity contribution in [2.75, 3.05) is 20.3 Å². The smallest absolute Gasteiger partial charge is 0.253 e. The molecule has 5 nitrogen and oxygen atoms in total. The molecule has 1 saturated heterocycles. The number of nitrogens with one attached hydrogen (secondary N) is 2. The standard InChI is InChI=1S/C12H13Cl2N3O2/c1-19-5-4-15-12-16-10(11(18)17-12)8-3-2-7(13)6-9(8)14/h2-3,6,10H,4-5H2,1H3,(H2,15,16,17,18). The summed E-state index contributed by atoms with van der Waals surface area (Å²) in [5, 5.41) is 6.61. The van der Waals surface area contributed by atoms with Crippen LogP contribution in [0.15, 0.2) is 23.2 Å². The number of benzene rings is 1. The molecule has 1 atom stereocenters. The second kappa shape index (κ2) is 6.23.